The number of aromatic nitrogens is 2. The van der Waals surface area contributed by atoms with Crippen LogP contribution in [0, 0.1) is 0 Å². The molecule has 0 unspecified atom stereocenters. The van der Waals surface area contributed by atoms with Crippen molar-refractivity contribution in [2.75, 3.05) is 0 Å². The quantitative estimate of drug-likeness (QED) is 0.181. The molecule has 7 aromatic carbocycles. The van der Waals surface area contributed by atoms with E-state index >= 15 is 0 Å². The topological polar surface area (TPSA) is 44.2 Å². The SMILES string of the molecule is CC1(C)c2ccccc2-c2c1ccc1c2Oc2cccc(-c3ccc(-c4cc(-c5ccc(-c6ccccc6)cc5)nc(-c5ccccc5)n4)cc3)c2O1. The lowest BCUT2D eigenvalue weighted by Gasteiger charge is -2.26. The van der Waals surface area contributed by atoms with Gasteiger partial charge in [0.2, 0.25) is 0 Å². The molecular weight excluding hydrogens is 649 g/mol. The normalized spacial score (nSPS) is 13.2. The molecule has 0 saturated carbocycles. The molecule has 2 heterocycles. The predicted octanol–water partition coefficient (Wildman–Crippen LogP) is 13.0. The minimum absolute atomic E-state index is 0.118. The van der Waals surface area contributed by atoms with Gasteiger partial charge >= 0.3 is 0 Å². The van der Waals surface area contributed by atoms with Gasteiger partial charge in [0.15, 0.2) is 28.8 Å². The minimum atomic E-state index is -0.118. The molecule has 0 saturated heterocycles. The Morgan fingerprint density at radius 3 is 1.62 bits per heavy atom. The third-order valence-electron chi connectivity index (χ3n) is 10.6. The van der Waals surface area contributed by atoms with E-state index in [1.165, 1.54) is 27.8 Å². The molecule has 0 spiro atoms. The molecule has 1 aliphatic carbocycles. The Hall–Kier alpha value is -6.78. The summed E-state index contributed by atoms with van der Waals surface area (Å²) in [5.74, 6) is 3.62. The molecule has 0 bridgehead atoms. The average molecular weight is 683 g/mol. The molecule has 4 heteroatoms. The van der Waals surface area contributed by atoms with Crippen molar-refractivity contribution in [3.05, 3.63) is 181 Å². The van der Waals surface area contributed by atoms with Gasteiger partial charge in [-0.05, 0) is 51.6 Å². The van der Waals surface area contributed by atoms with Gasteiger partial charge in [0.05, 0.1) is 11.4 Å². The van der Waals surface area contributed by atoms with Crippen LogP contribution in [0.4, 0.5) is 0 Å². The highest BCUT2D eigenvalue weighted by Gasteiger charge is 2.39. The zero-order chi connectivity index (χ0) is 35.5. The summed E-state index contributed by atoms with van der Waals surface area (Å²) in [6.07, 6.45) is 0. The van der Waals surface area contributed by atoms with Crippen LogP contribution in [-0.4, -0.2) is 9.97 Å². The Kier molecular flexibility index (Phi) is 7.12. The summed E-state index contributed by atoms with van der Waals surface area (Å²) < 4.78 is 13.4. The summed E-state index contributed by atoms with van der Waals surface area (Å²) in [5, 5.41) is 0. The van der Waals surface area contributed by atoms with E-state index in [4.69, 9.17) is 19.4 Å². The van der Waals surface area contributed by atoms with Crippen molar-refractivity contribution in [3.63, 3.8) is 0 Å². The first-order chi connectivity index (χ1) is 26.0. The highest BCUT2D eigenvalue weighted by atomic mass is 16.6. The van der Waals surface area contributed by atoms with E-state index in [0.717, 1.165) is 56.3 Å². The van der Waals surface area contributed by atoms with Crippen molar-refractivity contribution in [1.82, 2.24) is 9.97 Å². The fourth-order valence-corrected chi connectivity index (χ4v) is 7.82. The van der Waals surface area contributed by atoms with Crippen LogP contribution in [0.3, 0.4) is 0 Å². The number of ether oxygens (including phenoxy) is 2. The number of benzene rings is 7. The standard InChI is InChI=1S/C49H34N2O2/c1-49(2)39-18-10-9-16-38(39)45-40(49)28-29-44-47(45)53-43-19-11-17-37(46(43)52-44)33-22-26-35(27-23-33)42-30-41(50-48(51-42)36-14-7-4-8-15-36)34-24-20-32(21-25-34)31-12-5-3-6-13-31/h3-30H,1-2H3. The van der Waals surface area contributed by atoms with Gasteiger partial charge in [0.1, 0.15) is 0 Å². The van der Waals surface area contributed by atoms with Crippen molar-refractivity contribution in [2.24, 2.45) is 0 Å². The Morgan fingerprint density at radius 1 is 0.396 bits per heavy atom. The van der Waals surface area contributed by atoms with Crippen molar-refractivity contribution in [2.45, 2.75) is 19.3 Å². The number of para-hydroxylation sites is 1. The molecule has 1 aliphatic heterocycles. The fourth-order valence-electron chi connectivity index (χ4n) is 7.82. The van der Waals surface area contributed by atoms with Gasteiger partial charge in [-0.2, -0.15) is 0 Å². The number of hydrogen-bond donors (Lipinski definition) is 0. The highest BCUT2D eigenvalue weighted by molar-refractivity contribution is 5.89. The molecule has 8 aromatic rings. The van der Waals surface area contributed by atoms with Gasteiger partial charge < -0.3 is 9.47 Å². The lowest BCUT2D eigenvalue weighted by Crippen LogP contribution is -2.15. The lowest BCUT2D eigenvalue weighted by molar-refractivity contribution is 0.361. The molecule has 0 amide bonds. The number of hydrogen-bond acceptors (Lipinski definition) is 4. The molecule has 0 N–H and O–H groups in total. The van der Waals surface area contributed by atoms with E-state index in [1.54, 1.807) is 0 Å². The van der Waals surface area contributed by atoms with Crippen LogP contribution in [-0.2, 0) is 5.41 Å². The summed E-state index contributed by atoms with van der Waals surface area (Å²) in [6, 6.07) is 58.7. The maximum absolute atomic E-state index is 6.73. The second-order valence-electron chi connectivity index (χ2n) is 14.2. The fraction of sp³-hybridized carbons (Fsp3) is 0.0612. The van der Waals surface area contributed by atoms with Crippen LogP contribution in [0.5, 0.6) is 23.0 Å². The van der Waals surface area contributed by atoms with Crippen LogP contribution in [0.2, 0.25) is 0 Å². The molecule has 53 heavy (non-hydrogen) atoms. The lowest BCUT2D eigenvalue weighted by atomic mass is 9.82. The van der Waals surface area contributed by atoms with Crippen LogP contribution >= 0.6 is 0 Å². The van der Waals surface area contributed by atoms with E-state index in [-0.39, 0.29) is 5.41 Å². The van der Waals surface area contributed by atoms with Crippen LogP contribution < -0.4 is 9.47 Å². The zero-order valence-corrected chi connectivity index (χ0v) is 29.4. The van der Waals surface area contributed by atoms with E-state index in [9.17, 15) is 0 Å². The van der Waals surface area contributed by atoms with Gasteiger partial charge in [0, 0.05) is 33.2 Å². The molecule has 0 fully saturated rings. The Morgan fingerprint density at radius 2 is 0.925 bits per heavy atom. The van der Waals surface area contributed by atoms with Crippen molar-refractivity contribution in [3.8, 4) is 90.3 Å². The smallest absolute Gasteiger partial charge is 0.178 e. The average Bonchev–Trinajstić information content (AvgIpc) is 3.46. The van der Waals surface area contributed by atoms with E-state index in [2.05, 4.69) is 147 Å². The van der Waals surface area contributed by atoms with E-state index in [1.807, 2.05) is 36.4 Å². The summed E-state index contributed by atoms with van der Waals surface area (Å²) in [4.78, 5) is 10.1. The van der Waals surface area contributed by atoms with E-state index < -0.39 is 0 Å². The van der Waals surface area contributed by atoms with Gasteiger partial charge in [-0.3, -0.25) is 0 Å². The predicted molar refractivity (Wildman–Crippen MR) is 213 cm³/mol. The van der Waals surface area contributed by atoms with Gasteiger partial charge in [-0.15, -0.1) is 0 Å². The Labute approximate surface area is 309 Å². The van der Waals surface area contributed by atoms with Gasteiger partial charge in [-0.1, -0.05) is 166 Å². The molecule has 252 valence electrons. The number of fused-ring (bicyclic) bond motifs is 6. The summed E-state index contributed by atoms with van der Waals surface area (Å²) in [7, 11) is 0. The Balaban J connectivity index is 0.998. The van der Waals surface area contributed by atoms with Crippen molar-refractivity contribution < 1.29 is 9.47 Å². The third-order valence-corrected chi connectivity index (χ3v) is 10.6. The minimum Gasteiger partial charge on any atom is -0.449 e. The first kappa shape index (κ1) is 31.0. The summed E-state index contributed by atoms with van der Waals surface area (Å²) in [5.41, 5.74) is 13.8. The third kappa shape index (κ3) is 5.22. The molecule has 2 aliphatic rings. The molecule has 0 atom stereocenters. The number of rotatable bonds is 5. The van der Waals surface area contributed by atoms with E-state index in [0.29, 0.717) is 17.3 Å². The van der Waals surface area contributed by atoms with Crippen molar-refractivity contribution >= 4 is 0 Å². The molecular formula is C49H34N2O2. The second kappa shape index (κ2) is 12.2. The van der Waals surface area contributed by atoms with Crippen LogP contribution in [0.25, 0.3) is 67.3 Å². The van der Waals surface area contributed by atoms with Crippen molar-refractivity contribution in [1.29, 1.82) is 0 Å². The number of nitrogens with zero attached hydrogens (tertiary/aromatic N) is 2. The van der Waals surface area contributed by atoms with Crippen LogP contribution in [0.1, 0.15) is 25.0 Å². The molecule has 1 aromatic heterocycles. The molecule has 4 nitrogen and oxygen atoms in total. The monoisotopic (exact) mass is 682 g/mol. The van der Waals surface area contributed by atoms with Gasteiger partial charge in [0.25, 0.3) is 0 Å². The summed E-state index contributed by atoms with van der Waals surface area (Å²) in [6.45, 7) is 4.55. The largest absolute Gasteiger partial charge is 0.449 e. The Bertz CT molecular complexity index is 2670. The molecule has 0 radical (unpaired) electrons. The van der Waals surface area contributed by atoms with Gasteiger partial charge in [-0.25, -0.2) is 9.97 Å². The summed E-state index contributed by atoms with van der Waals surface area (Å²) >= 11 is 0. The highest BCUT2D eigenvalue weighted by Crippen LogP contribution is 2.59. The second-order valence-corrected chi connectivity index (χ2v) is 14.2. The molecule has 10 rings (SSSR count). The maximum Gasteiger partial charge on any atom is 0.178 e. The first-order valence-corrected chi connectivity index (χ1v) is 18.0. The maximum atomic E-state index is 6.73. The zero-order valence-electron chi connectivity index (χ0n) is 29.4. The first-order valence-electron chi connectivity index (χ1n) is 18.0. The van der Waals surface area contributed by atoms with Crippen LogP contribution in [0.15, 0.2) is 170 Å².